The summed E-state index contributed by atoms with van der Waals surface area (Å²) in [6.45, 7) is 3.96. The average molecular weight is 802 g/mol. The highest BCUT2D eigenvalue weighted by Crippen LogP contribution is 2.43. The summed E-state index contributed by atoms with van der Waals surface area (Å²) < 4.78 is 33.1. The normalized spacial score (nSPS) is 14.3. The Morgan fingerprint density at radius 2 is 1.04 bits per heavy atom. The smallest absolute Gasteiger partial charge is 0.462 e. The van der Waals surface area contributed by atoms with Crippen molar-refractivity contribution in [3.63, 3.8) is 0 Å². The molecular weight excluding hydrogens is 725 g/mol. The van der Waals surface area contributed by atoms with E-state index in [0.717, 1.165) is 70.6 Å². The highest BCUT2D eigenvalue weighted by molar-refractivity contribution is 7.47. The van der Waals surface area contributed by atoms with Crippen molar-refractivity contribution in [2.75, 3.05) is 33.4 Å². The first-order valence-corrected chi connectivity index (χ1v) is 22.7. The van der Waals surface area contributed by atoms with Crippen LogP contribution in [0.4, 0.5) is 0 Å². The van der Waals surface area contributed by atoms with Gasteiger partial charge in [-0.15, -0.1) is 0 Å². The van der Waals surface area contributed by atoms with Crippen LogP contribution >= 0.6 is 7.82 Å². The van der Waals surface area contributed by atoms with Crippen LogP contribution in [-0.4, -0.2) is 56.3 Å². The molecule has 0 radical (unpaired) electrons. The van der Waals surface area contributed by atoms with Crippen molar-refractivity contribution in [3.05, 3.63) is 97.2 Å². The number of nitrogens with one attached hydrogen (secondary N) is 1. The van der Waals surface area contributed by atoms with Gasteiger partial charge < -0.3 is 19.7 Å². The van der Waals surface area contributed by atoms with Gasteiger partial charge in [0.05, 0.1) is 13.2 Å². The molecule has 2 N–H and O–H groups in total. The topological polar surface area (TPSA) is 120 Å². The van der Waals surface area contributed by atoms with E-state index in [0.29, 0.717) is 25.8 Å². The zero-order valence-electron chi connectivity index (χ0n) is 35.0. The number of phosphoric ester groups is 1. The summed E-state index contributed by atoms with van der Waals surface area (Å²) >= 11 is 0. The van der Waals surface area contributed by atoms with Crippen LogP contribution in [-0.2, 0) is 32.7 Å². The van der Waals surface area contributed by atoms with Crippen LogP contribution in [0.15, 0.2) is 97.2 Å². The third-order valence-corrected chi connectivity index (χ3v) is 9.17. The van der Waals surface area contributed by atoms with Crippen LogP contribution in [0.5, 0.6) is 0 Å². The summed E-state index contributed by atoms with van der Waals surface area (Å²) in [6, 6.07) is 0. The number of hydrogen-bond donors (Lipinski definition) is 2. The molecule has 0 aromatic rings. The predicted molar refractivity (Wildman–Crippen MR) is 233 cm³/mol. The Morgan fingerprint density at radius 1 is 0.571 bits per heavy atom. The summed E-state index contributed by atoms with van der Waals surface area (Å²) in [6.07, 6.45) is 51.7. The lowest BCUT2D eigenvalue weighted by atomic mass is 10.1. The number of esters is 2. The van der Waals surface area contributed by atoms with E-state index in [1.54, 1.807) is 7.05 Å². The van der Waals surface area contributed by atoms with Gasteiger partial charge in [-0.3, -0.25) is 18.6 Å². The van der Waals surface area contributed by atoms with E-state index in [2.05, 4.69) is 110 Å². The molecule has 0 rings (SSSR count). The van der Waals surface area contributed by atoms with E-state index in [4.69, 9.17) is 18.5 Å². The van der Waals surface area contributed by atoms with Gasteiger partial charge in [0.1, 0.15) is 6.61 Å². The molecule has 0 aliphatic heterocycles. The largest absolute Gasteiger partial charge is 0.472 e. The van der Waals surface area contributed by atoms with Crippen molar-refractivity contribution in [2.24, 2.45) is 0 Å². The number of hydrogen-bond acceptors (Lipinski definition) is 8. The van der Waals surface area contributed by atoms with E-state index in [-0.39, 0.29) is 26.1 Å². The number of allylic oxidation sites excluding steroid dienone is 16. The highest BCUT2D eigenvalue weighted by atomic mass is 31.2. The molecule has 0 aliphatic carbocycles. The van der Waals surface area contributed by atoms with Crippen LogP contribution in [0, 0.1) is 0 Å². The number of ether oxygens (including phenoxy) is 2. The molecule has 0 amide bonds. The van der Waals surface area contributed by atoms with Gasteiger partial charge in [0.25, 0.3) is 0 Å². The van der Waals surface area contributed by atoms with Gasteiger partial charge in [-0.05, 0) is 96.9 Å². The van der Waals surface area contributed by atoms with Crippen LogP contribution in [0.2, 0.25) is 0 Å². The second-order valence-corrected chi connectivity index (χ2v) is 14.9. The molecule has 318 valence electrons. The second kappa shape index (κ2) is 41.6. The summed E-state index contributed by atoms with van der Waals surface area (Å²) in [4.78, 5) is 35.0. The zero-order chi connectivity index (χ0) is 41.1. The van der Waals surface area contributed by atoms with Gasteiger partial charge in [-0.1, -0.05) is 137 Å². The Labute approximate surface area is 340 Å². The Kier molecular flexibility index (Phi) is 39.3. The lowest BCUT2D eigenvalue weighted by Gasteiger charge is -2.20. The molecule has 2 unspecified atom stereocenters. The van der Waals surface area contributed by atoms with Crippen molar-refractivity contribution in [2.45, 2.75) is 148 Å². The quantitative estimate of drug-likeness (QED) is 0.0272. The van der Waals surface area contributed by atoms with Gasteiger partial charge >= 0.3 is 19.8 Å². The number of unbranched alkanes of at least 4 members (excludes halogenated alkanes) is 8. The third kappa shape index (κ3) is 40.6. The Hall–Kier alpha value is -3.07. The molecule has 0 aromatic carbocycles. The monoisotopic (exact) mass is 802 g/mol. The van der Waals surface area contributed by atoms with Gasteiger partial charge in [-0.25, -0.2) is 4.57 Å². The van der Waals surface area contributed by atoms with E-state index in [1.165, 1.54) is 25.7 Å². The minimum atomic E-state index is -4.38. The van der Waals surface area contributed by atoms with Crippen molar-refractivity contribution in [1.29, 1.82) is 0 Å². The molecule has 9 nitrogen and oxygen atoms in total. The Bertz CT molecular complexity index is 1230. The average Bonchev–Trinajstić information content (AvgIpc) is 3.18. The first kappa shape index (κ1) is 52.9. The molecule has 0 fully saturated rings. The fourth-order valence-corrected chi connectivity index (χ4v) is 5.76. The summed E-state index contributed by atoms with van der Waals surface area (Å²) in [5.41, 5.74) is 0. The third-order valence-electron chi connectivity index (χ3n) is 8.19. The lowest BCUT2D eigenvalue weighted by molar-refractivity contribution is -0.161. The first-order chi connectivity index (χ1) is 27.3. The van der Waals surface area contributed by atoms with Gasteiger partial charge in [0.2, 0.25) is 0 Å². The molecule has 2 atom stereocenters. The molecular formula is C46H76NO8P. The standard InChI is InChI=1S/C46H76NO8P/c1-4-6-8-10-12-14-16-18-20-22-24-26-28-30-32-34-36-38-45(48)52-42-44(43-54-56(50,51)53-41-40-47-3)55-46(49)39-37-35-33-31-29-27-25-23-21-19-17-15-13-11-9-7-5-2/h7,9,12-15,18-21,24-27,31,33,44,47H,4-6,8,10-11,16-17,22-23,28-30,32,34-43H2,1-3H3,(H,50,51)/b9-7-,14-12-,15-13-,20-18-,21-19-,26-24-,27-25-,33-31-. The lowest BCUT2D eigenvalue weighted by Crippen LogP contribution is -2.29. The minimum absolute atomic E-state index is 0.0372. The number of carbonyl (C=O) groups is 2. The Balaban J connectivity index is 4.41. The number of phosphoric acid groups is 1. The van der Waals surface area contributed by atoms with Crippen LogP contribution in [0.25, 0.3) is 0 Å². The van der Waals surface area contributed by atoms with Crippen LogP contribution in [0.1, 0.15) is 142 Å². The number of rotatable bonds is 38. The maximum Gasteiger partial charge on any atom is 0.472 e. The van der Waals surface area contributed by atoms with Crippen molar-refractivity contribution < 1.29 is 37.6 Å². The number of carbonyl (C=O) groups excluding carboxylic acids is 2. The second-order valence-electron chi connectivity index (χ2n) is 13.4. The van der Waals surface area contributed by atoms with Gasteiger partial charge in [0, 0.05) is 19.4 Å². The van der Waals surface area contributed by atoms with Gasteiger partial charge in [0.15, 0.2) is 6.10 Å². The van der Waals surface area contributed by atoms with E-state index in [9.17, 15) is 19.0 Å². The maximum absolute atomic E-state index is 12.6. The zero-order valence-corrected chi connectivity index (χ0v) is 35.9. The molecule has 0 aromatic heterocycles. The fraction of sp³-hybridized carbons (Fsp3) is 0.609. The van der Waals surface area contributed by atoms with E-state index in [1.807, 2.05) is 6.08 Å². The molecule has 0 aliphatic rings. The van der Waals surface area contributed by atoms with Crippen molar-refractivity contribution in [1.82, 2.24) is 5.32 Å². The molecule has 56 heavy (non-hydrogen) atoms. The molecule has 0 bridgehead atoms. The fourth-order valence-electron chi connectivity index (χ4n) is 5.00. The summed E-state index contributed by atoms with van der Waals surface area (Å²) in [7, 11) is -2.69. The first-order valence-electron chi connectivity index (χ1n) is 21.2. The predicted octanol–water partition coefficient (Wildman–Crippen LogP) is 12.1. The van der Waals surface area contributed by atoms with E-state index < -0.39 is 32.5 Å². The van der Waals surface area contributed by atoms with Crippen molar-refractivity contribution in [3.8, 4) is 0 Å². The Morgan fingerprint density at radius 3 is 1.55 bits per heavy atom. The van der Waals surface area contributed by atoms with E-state index >= 15 is 0 Å². The highest BCUT2D eigenvalue weighted by Gasteiger charge is 2.26. The van der Waals surface area contributed by atoms with Crippen LogP contribution < -0.4 is 5.32 Å². The molecule has 0 saturated heterocycles. The molecule has 0 saturated carbocycles. The van der Waals surface area contributed by atoms with Gasteiger partial charge in [-0.2, -0.15) is 0 Å². The van der Waals surface area contributed by atoms with Crippen molar-refractivity contribution >= 4 is 19.8 Å². The minimum Gasteiger partial charge on any atom is -0.462 e. The summed E-state index contributed by atoms with van der Waals surface area (Å²) in [5, 5.41) is 2.81. The molecule has 10 heteroatoms. The maximum atomic E-state index is 12.6. The SMILES string of the molecule is CC/C=C\C/C=C\C/C=C\C/C=C\C/C=C\CCCC(=O)OC(COC(=O)CCCCCC/C=C\C/C=C\C/C=C\CCCCC)COP(=O)(O)OCCNC. The summed E-state index contributed by atoms with van der Waals surface area (Å²) in [5.74, 6) is -0.911. The number of likely N-dealkylation sites (N-methyl/N-ethyl adjacent to an activating group) is 1. The van der Waals surface area contributed by atoms with Crippen LogP contribution in [0.3, 0.4) is 0 Å². The molecule has 0 spiro atoms. The molecule has 0 heterocycles.